The van der Waals surface area contributed by atoms with Crippen LogP contribution in [0.1, 0.15) is 39.0 Å². The van der Waals surface area contributed by atoms with E-state index < -0.39 is 57.3 Å². The molecular weight excluding hydrogens is 496 g/mol. The third-order valence-corrected chi connectivity index (χ3v) is 11.6. The van der Waals surface area contributed by atoms with Crippen LogP contribution < -0.4 is 0 Å². The Morgan fingerprint density at radius 3 is 2.57 bits per heavy atom. The highest BCUT2D eigenvalue weighted by molar-refractivity contribution is 9.25. The smallest absolute Gasteiger partial charge is 0.316 e. The fraction of sp³-hybridized carbons (Fsp3) is 0.800. The molecule has 6 rings (SSSR count). The second-order valence-electron chi connectivity index (χ2n) is 10.3. The summed E-state index contributed by atoms with van der Waals surface area (Å²) in [6.45, 7) is 1.65. The first kappa shape index (κ1) is 18.3. The number of rotatable bonds is 1. The molecule has 6 nitrogen and oxygen atoms in total. The number of hydrogen-bond donors (Lipinski definition) is 3. The fourth-order valence-electron chi connectivity index (χ4n) is 8.43. The SMILES string of the molecule is C[C@@]12C(=O)O[C@]3(C=C[C@@H]1O)[C@@H]1CC[C@]4(O)C[C@]1(C[C@]41CC1(Br)Br)[C@@H](C(=O)O)[C@@H]32. The van der Waals surface area contributed by atoms with Gasteiger partial charge in [-0.25, -0.2) is 0 Å². The lowest BCUT2D eigenvalue weighted by Crippen LogP contribution is -2.50. The molecule has 6 aliphatic rings. The molecule has 5 fully saturated rings. The minimum Gasteiger partial charge on any atom is -0.481 e. The predicted octanol–water partition coefficient (Wildman–Crippen LogP) is 2.35. The van der Waals surface area contributed by atoms with Gasteiger partial charge >= 0.3 is 11.9 Å². The molecule has 2 spiro atoms. The van der Waals surface area contributed by atoms with Crippen LogP contribution in [0.5, 0.6) is 0 Å². The number of aliphatic carboxylic acids is 1. The summed E-state index contributed by atoms with van der Waals surface area (Å²) in [7, 11) is 0. The predicted molar refractivity (Wildman–Crippen MR) is 104 cm³/mol. The summed E-state index contributed by atoms with van der Waals surface area (Å²) >= 11 is 7.42. The summed E-state index contributed by atoms with van der Waals surface area (Å²) in [6.07, 6.45) is 5.19. The first-order valence-electron chi connectivity index (χ1n) is 9.84. The number of alkyl halides is 2. The van der Waals surface area contributed by atoms with Gasteiger partial charge in [0.2, 0.25) is 0 Å². The number of fused-ring (bicyclic) bond motifs is 2. The largest absolute Gasteiger partial charge is 0.481 e. The molecule has 9 atom stereocenters. The summed E-state index contributed by atoms with van der Waals surface area (Å²) in [5.41, 5.74) is -4.30. The van der Waals surface area contributed by atoms with E-state index >= 15 is 0 Å². The number of carboxylic acid groups (broad SMARTS) is 1. The van der Waals surface area contributed by atoms with Crippen LogP contribution in [0, 0.1) is 34.0 Å². The lowest BCUT2D eigenvalue weighted by molar-refractivity contribution is -0.163. The maximum absolute atomic E-state index is 12.9. The highest BCUT2D eigenvalue weighted by atomic mass is 79.9. The molecule has 152 valence electrons. The van der Waals surface area contributed by atoms with Crippen molar-refractivity contribution in [1.82, 2.24) is 0 Å². The Hall–Kier alpha value is -0.440. The van der Waals surface area contributed by atoms with Crippen LogP contribution in [-0.4, -0.2) is 47.8 Å². The van der Waals surface area contributed by atoms with Crippen LogP contribution in [0.25, 0.3) is 0 Å². The van der Waals surface area contributed by atoms with E-state index in [-0.39, 0.29) is 9.15 Å². The van der Waals surface area contributed by atoms with Crippen molar-refractivity contribution in [3.05, 3.63) is 12.2 Å². The number of halogens is 2. The Labute approximate surface area is 179 Å². The van der Waals surface area contributed by atoms with Gasteiger partial charge in [0.05, 0.1) is 20.9 Å². The van der Waals surface area contributed by atoms with E-state index in [9.17, 15) is 24.9 Å². The molecule has 4 bridgehead atoms. The number of aliphatic hydroxyl groups excluding tert-OH is 1. The van der Waals surface area contributed by atoms with E-state index in [1.54, 1.807) is 19.1 Å². The third kappa shape index (κ3) is 1.52. The molecule has 0 unspecified atom stereocenters. The summed E-state index contributed by atoms with van der Waals surface area (Å²) in [4.78, 5) is 25.6. The van der Waals surface area contributed by atoms with Crippen molar-refractivity contribution in [1.29, 1.82) is 0 Å². The van der Waals surface area contributed by atoms with Crippen LogP contribution in [-0.2, 0) is 14.3 Å². The highest BCUT2D eigenvalue weighted by Crippen LogP contribution is 2.87. The molecule has 5 aliphatic carbocycles. The van der Waals surface area contributed by atoms with Crippen LogP contribution >= 0.6 is 31.9 Å². The molecule has 1 aliphatic heterocycles. The molecule has 0 radical (unpaired) electrons. The van der Waals surface area contributed by atoms with Gasteiger partial charge < -0.3 is 20.1 Å². The number of hydrogen-bond acceptors (Lipinski definition) is 5. The zero-order valence-corrected chi connectivity index (χ0v) is 18.5. The van der Waals surface area contributed by atoms with Gasteiger partial charge in [-0.1, -0.05) is 37.9 Å². The zero-order valence-electron chi connectivity index (χ0n) is 15.3. The minimum absolute atomic E-state index is 0.170. The van der Waals surface area contributed by atoms with Crippen LogP contribution in [0.4, 0.5) is 0 Å². The van der Waals surface area contributed by atoms with Crippen LogP contribution in [0.15, 0.2) is 12.2 Å². The van der Waals surface area contributed by atoms with E-state index in [2.05, 4.69) is 31.9 Å². The van der Waals surface area contributed by atoms with Crippen LogP contribution in [0.3, 0.4) is 0 Å². The fourth-order valence-corrected chi connectivity index (χ4v) is 10.4. The molecule has 8 heteroatoms. The van der Waals surface area contributed by atoms with E-state index in [0.29, 0.717) is 25.7 Å². The quantitative estimate of drug-likeness (QED) is 0.280. The summed E-state index contributed by atoms with van der Waals surface area (Å²) < 4.78 is 5.60. The Morgan fingerprint density at radius 2 is 1.96 bits per heavy atom. The molecule has 4 saturated carbocycles. The average molecular weight is 518 g/mol. The molecular formula is C20H22Br2O6. The average Bonchev–Trinajstić information content (AvgIpc) is 2.88. The van der Waals surface area contributed by atoms with E-state index in [4.69, 9.17) is 4.74 Å². The van der Waals surface area contributed by atoms with Crippen molar-refractivity contribution in [3.8, 4) is 0 Å². The van der Waals surface area contributed by atoms with Gasteiger partial charge in [0.25, 0.3) is 0 Å². The van der Waals surface area contributed by atoms with Gasteiger partial charge in [-0.05, 0) is 50.5 Å². The lowest BCUT2D eigenvalue weighted by Gasteiger charge is -2.44. The molecule has 0 amide bonds. The van der Waals surface area contributed by atoms with Crippen molar-refractivity contribution in [3.63, 3.8) is 0 Å². The Kier molecular flexibility index (Phi) is 3.00. The lowest BCUT2D eigenvalue weighted by atomic mass is 9.61. The number of esters is 1. The van der Waals surface area contributed by atoms with Crippen molar-refractivity contribution in [2.24, 2.45) is 34.0 Å². The molecule has 1 saturated heterocycles. The number of carbonyl (C=O) groups is 2. The van der Waals surface area contributed by atoms with Crippen LogP contribution in [0.2, 0.25) is 0 Å². The monoisotopic (exact) mass is 516 g/mol. The van der Waals surface area contributed by atoms with Crippen molar-refractivity contribution >= 4 is 43.8 Å². The molecule has 3 N–H and O–H groups in total. The minimum atomic E-state index is -1.28. The topological polar surface area (TPSA) is 104 Å². The molecule has 0 aromatic rings. The van der Waals surface area contributed by atoms with Gasteiger partial charge in [0, 0.05) is 17.3 Å². The Balaban J connectivity index is 1.60. The van der Waals surface area contributed by atoms with E-state index in [0.717, 1.165) is 6.42 Å². The molecule has 0 aromatic heterocycles. The van der Waals surface area contributed by atoms with Gasteiger partial charge in [-0.15, -0.1) is 0 Å². The van der Waals surface area contributed by atoms with Crippen molar-refractivity contribution < 1.29 is 29.6 Å². The van der Waals surface area contributed by atoms with Gasteiger partial charge in [0.15, 0.2) is 0 Å². The number of aliphatic hydroxyl groups is 2. The second kappa shape index (κ2) is 4.58. The number of carbonyl (C=O) groups excluding carboxylic acids is 1. The summed E-state index contributed by atoms with van der Waals surface area (Å²) in [6, 6.07) is 0. The third-order valence-electron chi connectivity index (χ3n) is 9.54. The van der Waals surface area contributed by atoms with Crippen molar-refractivity contribution in [2.45, 2.75) is 59.6 Å². The standard InChI is InChI=1S/C20H22Br2O6/c1-15-10(23)3-5-19(28-14(15)26)9-2-4-18(27)7-16(9,11(12(15)19)13(24)25)6-17(18)8-20(17,21)22/h3,5,9-12,23,27H,2,4,6-8H2,1H3,(H,24,25)/t9-,10+,11-,12-,15-,16+,17+,18+,19-/m1/s1. The van der Waals surface area contributed by atoms with E-state index in [1.807, 2.05) is 0 Å². The van der Waals surface area contributed by atoms with Gasteiger partial charge in [-0.3, -0.25) is 9.59 Å². The number of ether oxygens (including phenoxy) is 1. The highest BCUT2D eigenvalue weighted by Gasteiger charge is 2.90. The summed E-state index contributed by atoms with van der Waals surface area (Å²) in [5.74, 6) is -3.12. The molecule has 28 heavy (non-hydrogen) atoms. The van der Waals surface area contributed by atoms with Gasteiger partial charge in [-0.2, -0.15) is 0 Å². The molecule has 0 aromatic carbocycles. The maximum atomic E-state index is 12.9. The maximum Gasteiger partial charge on any atom is 0.316 e. The first-order valence-corrected chi connectivity index (χ1v) is 11.4. The summed E-state index contributed by atoms with van der Waals surface area (Å²) in [5, 5.41) is 32.7. The number of carboxylic acids is 1. The first-order chi connectivity index (χ1) is 12.9. The Bertz CT molecular complexity index is 888. The second-order valence-corrected chi connectivity index (χ2v) is 14.1. The van der Waals surface area contributed by atoms with E-state index in [1.165, 1.54) is 0 Å². The Morgan fingerprint density at radius 1 is 1.29 bits per heavy atom. The van der Waals surface area contributed by atoms with Gasteiger partial charge in [0.1, 0.15) is 11.0 Å². The zero-order chi connectivity index (χ0) is 20.1. The normalized spacial score (nSPS) is 61.8. The molecule has 1 heterocycles. The van der Waals surface area contributed by atoms with Crippen molar-refractivity contribution in [2.75, 3.05) is 0 Å².